The zero-order valence-electron chi connectivity index (χ0n) is 18.3. The summed E-state index contributed by atoms with van der Waals surface area (Å²) in [6.07, 6.45) is 5.13. The van der Waals surface area contributed by atoms with E-state index in [4.69, 9.17) is 18.9 Å². The van der Waals surface area contributed by atoms with Crippen molar-refractivity contribution in [3.63, 3.8) is 0 Å². The van der Waals surface area contributed by atoms with Gasteiger partial charge in [0.1, 0.15) is 28.6 Å². The highest BCUT2D eigenvalue weighted by Crippen LogP contribution is 2.55. The molecule has 2 aliphatic rings. The van der Waals surface area contributed by atoms with E-state index in [2.05, 4.69) is 5.32 Å². The van der Waals surface area contributed by atoms with Gasteiger partial charge in [-0.05, 0) is 46.3 Å². The molecule has 0 radical (unpaired) electrons. The van der Waals surface area contributed by atoms with E-state index in [1.165, 1.54) is 20.3 Å². The lowest BCUT2D eigenvalue weighted by molar-refractivity contribution is -0.138. The first-order valence-corrected chi connectivity index (χ1v) is 9.70. The number of nitriles is 1. The number of methoxy groups -OCH3 is 2. The molecule has 162 valence electrons. The molecule has 1 saturated heterocycles. The van der Waals surface area contributed by atoms with E-state index in [9.17, 15) is 14.9 Å². The van der Waals surface area contributed by atoms with Crippen LogP contribution in [-0.4, -0.2) is 44.9 Å². The maximum atomic E-state index is 12.2. The summed E-state index contributed by atoms with van der Waals surface area (Å²) in [7, 11) is 2.99. The first-order chi connectivity index (χ1) is 14.2. The van der Waals surface area contributed by atoms with Crippen LogP contribution in [-0.2, 0) is 28.5 Å². The van der Waals surface area contributed by atoms with Gasteiger partial charge in [0, 0.05) is 22.9 Å². The van der Waals surface area contributed by atoms with Crippen LogP contribution in [0.25, 0.3) is 0 Å². The number of rotatable bonds is 6. The topological polar surface area (TPSA) is 107 Å². The number of hydrogen-bond acceptors (Lipinski definition) is 8. The van der Waals surface area contributed by atoms with Crippen LogP contribution in [0.3, 0.4) is 0 Å². The Hall–Kier alpha value is -3.21. The van der Waals surface area contributed by atoms with E-state index in [0.29, 0.717) is 29.2 Å². The Morgan fingerprint density at radius 3 is 2.17 bits per heavy atom. The van der Waals surface area contributed by atoms with Crippen molar-refractivity contribution in [1.82, 2.24) is 5.32 Å². The molecule has 2 rings (SSSR count). The fraction of sp³-hybridized carbons (Fsp3) is 0.500. The minimum absolute atomic E-state index is 0.146. The van der Waals surface area contributed by atoms with Gasteiger partial charge in [0.2, 0.25) is 0 Å². The van der Waals surface area contributed by atoms with Gasteiger partial charge in [0.05, 0.1) is 27.4 Å². The summed E-state index contributed by atoms with van der Waals surface area (Å²) in [4.78, 5) is 24.5. The molecule has 0 aromatic rings. The molecule has 0 amide bonds. The van der Waals surface area contributed by atoms with Crippen LogP contribution in [0, 0.1) is 16.7 Å². The van der Waals surface area contributed by atoms with E-state index < -0.39 is 22.9 Å². The van der Waals surface area contributed by atoms with E-state index in [-0.39, 0.29) is 18.8 Å². The number of carbonyl (C=O) groups is 2. The average molecular weight is 416 g/mol. The van der Waals surface area contributed by atoms with Gasteiger partial charge in [-0.15, -0.1) is 0 Å². The second kappa shape index (κ2) is 9.08. The first kappa shape index (κ1) is 23.1. The highest BCUT2D eigenvalue weighted by Gasteiger charge is 2.55. The molecule has 30 heavy (non-hydrogen) atoms. The summed E-state index contributed by atoms with van der Waals surface area (Å²) < 4.78 is 21.5. The number of nitrogens with one attached hydrogen (secondary N) is 1. The predicted octanol–water partition coefficient (Wildman–Crippen LogP) is 2.65. The standard InChI is InChI=1S/C22H28N2O6/c1-7-29-19(25)11-16-22(13-21(3,4)24-16)17(27-5)9-14(10-18(22)28-6)15(12-23)20(26)30-8-2/h9-11,24H,7-8,13H2,1-6H3. The van der Waals surface area contributed by atoms with E-state index in [1.807, 2.05) is 19.9 Å². The van der Waals surface area contributed by atoms with Gasteiger partial charge >= 0.3 is 11.9 Å². The van der Waals surface area contributed by atoms with Crippen molar-refractivity contribution in [2.24, 2.45) is 5.41 Å². The third-order valence-corrected chi connectivity index (χ3v) is 4.92. The van der Waals surface area contributed by atoms with Crippen LogP contribution in [0.1, 0.15) is 34.1 Å². The molecule has 0 aromatic heterocycles. The van der Waals surface area contributed by atoms with Crippen LogP contribution >= 0.6 is 0 Å². The van der Waals surface area contributed by atoms with Crippen molar-refractivity contribution >= 4 is 11.9 Å². The molecule has 0 aromatic carbocycles. The maximum absolute atomic E-state index is 12.2. The minimum atomic E-state index is -0.932. The lowest BCUT2D eigenvalue weighted by Gasteiger charge is -2.36. The molecule has 1 aliphatic carbocycles. The largest absolute Gasteiger partial charge is 0.500 e. The van der Waals surface area contributed by atoms with Crippen molar-refractivity contribution in [1.29, 1.82) is 5.26 Å². The van der Waals surface area contributed by atoms with Gasteiger partial charge in [-0.25, -0.2) is 9.59 Å². The molecule has 0 saturated carbocycles. The molecular weight excluding hydrogens is 388 g/mol. The van der Waals surface area contributed by atoms with Crippen molar-refractivity contribution in [2.45, 2.75) is 39.7 Å². The SMILES string of the molecule is CCOC(=O)C=C1NC(C)(C)CC12C(OC)=CC(=C(C#N)C(=O)OCC)C=C2OC. The Bertz CT molecular complexity index is 862. The number of carbonyl (C=O) groups excluding carboxylic acids is 2. The van der Waals surface area contributed by atoms with E-state index in [1.54, 1.807) is 26.0 Å². The van der Waals surface area contributed by atoms with Crippen LogP contribution in [0.2, 0.25) is 0 Å². The molecule has 1 spiro atoms. The summed E-state index contributed by atoms with van der Waals surface area (Å²) in [6, 6.07) is 1.90. The fourth-order valence-electron chi connectivity index (χ4n) is 3.91. The minimum Gasteiger partial charge on any atom is -0.500 e. The van der Waals surface area contributed by atoms with Gasteiger partial charge in [-0.2, -0.15) is 5.26 Å². The molecule has 0 unspecified atom stereocenters. The molecule has 1 N–H and O–H groups in total. The fourth-order valence-corrected chi connectivity index (χ4v) is 3.91. The van der Waals surface area contributed by atoms with Gasteiger partial charge in [-0.1, -0.05) is 0 Å². The van der Waals surface area contributed by atoms with Crippen molar-refractivity contribution in [2.75, 3.05) is 27.4 Å². The lowest BCUT2D eigenvalue weighted by Crippen LogP contribution is -2.32. The molecule has 0 atom stereocenters. The zero-order valence-corrected chi connectivity index (χ0v) is 18.3. The van der Waals surface area contributed by atoms with Gasteiger partial charge in [0.25, 0.3) is 0 Å². The number of allylic oxidation sites excluding steroid dienone is 3. The van der Waals surface area contributed by atoms with Gasteiger partial charge in [-0.3, -0.25) is 0 Å². The average Bonchev–Trinajstić information content (AvgIpc) is 2.94. The molecule has 1 heterocycles. The maximum Gasteiger partial charge on any atom is 0.349 e. The summed E-state index contributed by atoms with van der Waals surface area (Å²) >= 11 is 0. The van der Waals surface area contributed by atoms with Crippen LogP contribution in [0.5, 0.6) is 0 Å². The number of esters is 2. The number of nitrogens with zero attached hydrogens (tertiary/aromatic N) is 1. The van der Waals surface area contributed by atoms with Crippen molar-refractivity contribution < 1.29 is 28.5 Å². The second-order valence-electron chi connectivity index (χ2n) is 7.49. The van der Waals surface area contributed by atoms with Crippen molar-refractivity contribution in [3.05, 3.63) is 46.6 Å². The third-order valence-electron chi connectivity index (χ3n) is 4.92. The van der Waals surface area contributed by atoms with Crippen LogP contribution in [0.4, 0.5) is 0 Å². The number of ether oxygens (including phenoxy) is 4. The second-order valence-corrected chi connectivity index (χ2v) is 7.49. The summed E-state index contributed by atoms with van der Waals surface area (Å²) in [5.74, 6) is -0.352. The lowest BCUT2D eigenvalue weighted by atomic mass is 9.72. The van der Waals surface area contributed by atoms with Gasteiger partial charge in [0.15, 0.2) is 0 Å². The molecule has 0 bridgehead atoms. The first-order valence-electron chi connectivity index (χ1n) is 9.70. The summed E-state index contributed by atoms with van der Waals surface area (Å²) in [5, 5.41) is 12.9. The Kier molecular flexibility index (Phi) is 6.98. The predicted molar refractivity (Wildman–Crippen MR) is 108 cm³/mol. The number of hydrogen-bond donors (Lipinski definition) is 1. The summed E-state index contributed by atoms with van der Waals surface area (Å²) in [6.45, 7) is 7.77. The monoisotopic (exact) mass is 416 g/mol. The molecule has 8 nitrogen and oxygen atoms in total. The van der Waals surface area contributed by atoms with Crippen LogP contribution < -0.4 is 5.32 Å². The Balaban J connectivity index is 2.73. The quantitative estimate of drug-likeness (QED) is 0.400. The van der Waals surface area contributed by atoms with Gasteiger partial charge < -0.3 is 24.3 Å². The Morgan fingerprint density at radius 2 is 1.70 bits per heavy atom. The van der Waals surface area contributed by atoms with E-state index in [0.717, 1.165) is 0 Å². The van der Waals surface area contributed by atoms with E-state index >= 15 is 0 Å². The molecular formula is C22H28N2O6. The molecule has 1 aliphatic heterocycles. The normalized spacial score (nSPS) is 23.1. The third kappa shape index (κ3) is 4.20. The smallest absolute Gasteiger partial charge is 0.349 e. The Labute approximate surface area is 176 Å². The summed E-state index contributed by atoms with van der Waals surface area (Å²) in [5.41, 5.74) is -0.611. The highest BCUT2D eigenvalue weighted by atomic mass is 16.5. The Morgan fingerprint density at radius 1 is 1.13 bits per heavy atom. The molecule has 8 heteroatoms. The highest BCUT2D eigenvalue weighted by molar-refractivity contribution is 5.95. The zero-order chi connectivity index (χ0) is 22.5. The van der Waals surface area contributed by atoms with Crippen molar-refractivity contribution in [3.8, 4) is 6.07 Å². The molecule has 1 fully saturated rings. The van der Waals surface area contributed by atoms with Crippen LogP contribution in [0.15, 0.2) is 46.6 Å².